The van der Waals surface area contributed by atoms with Crippen LogP contribution in [0, 0.1) is 0 Å². The number of aromatic hydroxyl groups is 1. The van der Waals surface area contributed by atoms with Crippen molar-refractivity contribution in [3.63, 3.8) is 0 Å². The van der Waals surface area contributed by atoms with Gasteiger partial charge in [0, 0.05) is 24.8 Å². The van der Waals surface area contributed by atoms with Gasteiger partial charge in [-0.3, -0.25) is 0 Å². The Balaban J connectivity index is 2.60. The molecule has 0 saturated heterocycles. The summed E-state index contributed by atoms with van der Waals surface area (Å²) < 4.78 is 16.1. The molecule has 0 aliphatic carbocycles. The highest BCUT2D eigenvalue weighted by molar-refractivity contribution is 5.48. The molecule has 2 aromatic carbocycles. The second-order valence-electron chi connectivity index (χ2n) is 5.74. The first-order valence-corrected chi connectivity index (χ1v) is 8.55. The molecule has 0 spiro atoms. The molecular formula is C20H26O6. The van der Waals surface area contributed by atoms with Crippen molar-refractivity contribution < 1.29 is 29.5 Å². The fraction of sp³-hybridized carbons (Fsp3) is 0.400. The zero-order valence-corrected chi connectivity index (χ0v) is 15.3. The molecule has 2 rings (SSSR count). The van der Waals surface area contributed by atoms with Gasteiger partial charge in [-0.15, -0.1) is 0 Å². The third-order valence-electron chi connectivity index (χ3n) is 4.18. The van der Waals surface area contributed by atoms with E-state index in [0.29, 0.717) is 24.5 Å². The van der Waals surface area contributed by atoms with Crippen molar-refractivity contribution in [2.75, 3.05) is 20.3 Å². The molecule has 0 aliphatic heterocycles. The van der Waals surface area contributed by atoms with Crippen molar-refractivity contribution in [1.82, 2.24) is 0 Å². The molecule has 0 radical (unpaired) electrons. The second kappa shape index (κ2) is 9.00. The lowest BCUT2D eigenvalue weighted by atomic mass is 9.80. The zero-order valence-electron chi connectivity index (χ0n) is 15.3. The number of ether oxygens (including phenoxy) is 3. The fourth-order valence-corrected chi connectivity index (χ4v) is 2.89. The minimum absolute atomic E-state index is 0.126. The molecule has 0 heterocycles. The second-order valence-corrected chi connectivity index (χ2v) is 5.74. The number of hydrogen-bond acceptors (Lipinski definition) is 6. The first-order chi connectivity index (χ1) is 12.5. The number of phenols is 1. The summed E-state index contributed by atoms with van der Waals surface area (Å²) in [7, 11) is 1.48. The van der Waals surface area contributed by atoms with E-state index < -0.39 is 18.0 Å². The van der Waals surface area contributed by atoms with Gasteiger partial charge in [-0.05, 0) is 31.5 Å². The summed E-state index contributed by atoms with van der Waals surface area (Å²) in [5, 5.41) is 33.1. The van der Waals surface area contributed by atoms with Crippen LogP contribution in [0.1, 0.15) is 25.0 Å². The van der Waals surface area contributed by atoms with Gasteiger partial charge in [-0.1, -0.05) is 30.3 Å². The van der Waals surface area contributed by atoms with Crippen LogP contribution in [0.5, 0.6) is 11.5 Å². The number of phenolic OH excluding ortho intramolecular Hbond substituents is 1. The topological polar surface area (TPSA) is 88.4 Å². The van der Waals surface area contributed by atoms with Gasteiger partial charge < -0.3 is 29.5 Å². The number of aliphatic hydroxyl groups excluding tert-OH is 1. The minimum Gasteiger partial charge on any atom is -0.507 e. The van der Waals surface area contributed by atoms with Crippen molar-refractivity contribution >= 4 is 0 Å². The van der Waals surface area contributed by atoms with Crippen LogP contribution >= 0.6 is 0 Å². The van der Waals surface area contributed by atoms with Crippen molar-refractivity contribution in [3.8, 4) is 11.5 Å². The maximum Gasteiger partial charge on any atom is 0.186 e. The number of aliphatic hydroxyl groups is 2. The molecule has 142 valence electrons. The first-order valence-electron chi connectivity index (χ1n) is 8.55. The highest BCUT2D eigenvalue weighted by Gasteiger charge is 2.46. The van der Waals surface area contributed by atoms with Gasteiger partial charge in [-0.2, -0.15) is 0 Å². The van der Waals surface area contributed by atoms with E-state index in [-0.39, 0.29) is 11.3 Å². The van der Waals surface area contributed by atoms with E-state index in [0.717, 1.165) is 0 Å². The van der Waals surface area contributed by atoms with Gasteiger partial charge in [0.15, 0.2) is 6.29 Å². The highest BCUT2D eigenvalue weighted by atomic mass is 16.7. The minimum atomic E-state index is -1.95. The maximum absolute atomic E-state index is 11.6. The molecule has 6 heteroatoms. The Hall–Kier alpha value is -2.12. The summed E-state index contributed by atoms with van der Waals surface area (Å²) in [6.07, 6.45) is -2.55. The maximum atomic E-state index is 11.6. The van der Waals surface area contributed by atoms with Crippen LogP contribution < -0.4 is 4.74 Å². The van der Waals surface area contributed by atoms with E-state index in [1.54, 1.807) is 50.2 Å². The standard InChI is InChI=1S/C20H26O6/c1-4-25-19(26-5-2)18(22)20(23,14-9-7-6-8-10-14)16-12-11-15(24-3)13-17(16)21/h6-13,18-19,21-23H,4-5H2,1-3H3. The van der Waals surface area contributed by atoms with Gasteiger partial charge >= 0.3 is 0 Å². The average molecular weight is 362 g/mol. The van der Waals surface area contributed by atoms with Crippen LogP contribution in [0.2, 0.25) is 0 Å². The molecule has 0 saturated carbocycles. The quantitative estimate of drug-likeness (QED) is 0.594. The third-order valence-corrected chi connectivity index (χ3v) is 4.18. The van der Waals surface area contributed by atoms with Crippen LogP contribution in [0.25, 0.3) is 0 Å². The number of benzene rings is 2. The highest BCUT2D eigenvalue weighted by Crippen LogP contribution is 2.41. The zero-order chi connectivity index (χ0) is 19.2. The Bertz CT molecular complexity index is 684. The molecular weight excluding hydrogens is 336 g/mol. The van der Waals surface area contributed by atoms with Crippen molar-refractivity contribution in [3.05, 3.63) is 59.7 Å². The monoisotopic (exact) mass is 362 g/mol. The largest absolute Gasteiger partial charge is 0.507 e. The number of methoxy groups -OCH3 is 1. The van der Waals surface area contributed by atoms with Gasteiger partial charge in [0.2, 0.25) is 0 Å². The average Bonchev–Trinajstić information content (AvgIpc) is 2.67. The number of rotatable bonds is 9. The summed E-state index contributed by atoms with van der Waals surface area (Å²) in [6.45, 7) is 4.12. The smallest absolute Gasteiger partial charge is 0.186 e. The van der Waals surface area contributed by atoms with Crippen molar-refractivity contribution in [1.29, 1.82) is 0 Å². The van der Waals surface area contributed by atoms with E-state index in [2.05, 4.69) is 0 Å². The van der Waals surface area contributed by atoms with Crippen LogP contribution in [0.3, 0.4) is 0 Å². The molecule has 0 aromatic heterocycles. The predicted octanol–water partition coefficient (Wildman–Crippen LogP) is 2.40. The summed E-state index contributed by atoms with van der Waals surface area (Å²) in [6, 6.07) is 13.1. The Morgan fingerprint density at radius 1 is 1.00 bits per heavy atom. The lowest BCUT2D eigenvalue weighted by Crippen LogP contribution is -2.49. The van der Waals surface area contributed by atoms with E-state index in [9.17, 15) is 15.3 Å². The van der Waals surface area contributed by atoms with Crippen LogP contribution in [-0.4, -0.2) is 48.0 Å². The summed E-state index contributed by atoms with van der Waals surface area (Å²) in [5.41, 5.74) is -1.43. The van der Waals surface area contributed by atoms with Gasteiger partial charge in [0.05, 0.1) is 7.11 Å². The molecule has 26 heavy (non-hydrogen) atoms. The molecule has 2 aromatic rings. The van der Waals surface area contributed by atoms with Gasteiger partial charge in [-0.25, -0.2) is 0 Å². The molecule has 0 fully saturated rings. The SMILES string of the molecule is CCOC(OCC)C(O)C(O)(c1ccccc1)c1ccc(OC)cc1O. The summed E-state index contributed by atoms with van der Waals surface area (Å²) >= 11 is 0. The molecule has 0 bridgehead atoms. The normalized spacial score (nSPS) is 14.8. The van der Waals surface area contributed by atoms with Crippen molar-refractivity contribution in [2.24, 2.45) is 0 Å². The summed E-state index contributed by atoms with van der Waals surface area (Å²) in [4.78, 5) is 0. The molecule has 6 nitrogen and oxygen atoms in total. The Kier molecular flexibility index (Phi) is 6.99. The lowest BCUT2D eigenvalue weighted by molar-refractivity contribution is -0.230. The molecule has 0 aliphatic rings. The molecule has 3 N–H and O–H groups in total. The Labute approximate surface area is 153 Å². The Morgan fingerprint density at radius 3 is 2.12 bits per heavy atom. The Morgan fingerprint density at radius 2 is 1.62 bits per heavy atom. The predicted molar refractivity (Wildman–Crippen MR) is 97.1 cm³/mol. The van der Waals surface area contributed by atoms with Crippen LogP contribution in [0.4, 0.5) is 0 Å². The van der Waals surface area contributed by atoms with Crippen LogP contribution in [-0.2, 0) is 15.1 Å². The van der Waals surface area contributed by atoms with Crippen molar-refractivity contribution in [2.45, 2.75) is 31.8 Å². The molecule has 0 amide bonds. The molecule has 2 atom stereocenters. The fourth-order valence-electron chi connectivity index (χ4n) is 2.89. The van der Waals surface area contributed by atoms with E-state index >= 15 is 0 Å². The third kappa shape index (κ3) is 3.99. The van der Waals surface area contributed by atoms with Crippen LogP contribution in [0.15, 0.2) is 48.5 Å². The van der Waals surface area contributed by atoms with E-state index in [1.165, 1.54) is 19.2 Å². The molecule has 2 unspecified atom stereocenters. The lowest BCUT2D eigenvalue weighted by Gasteiger charge is -2.38. The summed E-state index contributed by atoms with van der Waals surface area (Å²) in [5.74, 6) is 0.226. The number of hydrogen-bond donors (Lipinski definition) is 3. The van der Waals surface area contributed by atoms with Gasteiger partial charge in [0.1, 0.15) is 23.2 Å². The van der Waals surface area contributed by atoms with E-state index in [4.69, 9.17) is 14.2 Å². The van der Waals surface area contributed by atoms with E-state index in [1.807, 2.05) is 0 Å². The van der Waals surface area contributed by atoms with Gasteiger partial charge in [0.25, 0.3) is 0 Å². The first kappa shape index (κ1) is 20.2.